The van der Waals surface area contributed by atoms with Crippen molar-refractivity contribution in [2.45, 2.75) is 64.5 Å². The van der Waals surface area contributed by atoms with Gasteiger partial charge in [-0.3, -0.25) is 9.59 Å². The van der Waals surface area contributed by atoms with Crippen molar-refractivity contribution in [3.63, 3.8) is 0 Å². The van der Waals surface area contributed by atoms with Gasteiger partial charge in [0.2, 0.25) is 0 Å². The van der Waals surface area contributed by atoms with Crippen LogP contribution < -0.4 is 29.5 Å². The van der Waals surface area contributed by atoms with Crippen molar-refractivity contribution >= 4 is 126 Å². The van der Waals surface area contributed by atoms with E-state index >= 15 is 0 Å². The highest BCUT2D eigenvalue weighted by atomic mass is 32.1. The Morgan fingerprint density at radius 3 is 1.96 bits per heavy atom. The van der Waals surface area contributed by atoms with Gasteiger partial charge in [-0.25, -0.2) is 20.2 Å². The molecule has 0 bridgehead atoms. The Hall–Kier alpha value is -4.38. The van der Waals surface area contributed by atoms with Crippen molar-refractivity contribution in [3.05, 3.63) is 88.9 Å². The minimum Gasteiger partial charge on any atom is -0.307 e. The molecule has 0 aliphatic heterocycles. The summed E-state index contributed by atoms with van der Waals surface area (Å²) in [5.74, 6) is 0. The summed E-state index contributed by atoms with van der Waals surface area (Å²) in [5.41, 5.74) is 1.93. The Morgan fingerprint density at radius 2 is 1.38 bits per heavy atom. The molecule has 6 aromatic heterocycles. The lowest BCUT2D eigenvalue weighted by Gasteiger charge is -2.36. The summed E-state index contributed by atoms with van der Waals surface area (Å²) >= 11 is 9.58. The van der Waals surface area contributed by atoms with Gasteiger partial charge in [0, 0.05) is 33.0 Å². The molecule has 2 aliphatic rings. The van der Waals surface area contributed by atoms with Crippen LogP contribution in [0.3, 0.4) is 0 Å². The molecule has 0 amide bonds. The van der Waals surface area contributed by atoms with Gasteiger partial charge in [-0.2, -0.15) is 0 Å². The molecular formula is C36H24N6O2S6. The first kappa shape index (κ1) is 32.8. The predicted octanol–water partition coefficient (Wildman–Crippen LogP) is 6.89. The van der Waals surface area contributed by atoms with Crippen LogP contribution in [0, 0.1) is 35.8 Å². The lowest BCUT2D eigenvalue weighted by Crippen LogP contribution is -2.33. The van der Waals surface area contributed by atoms with Gasteiger partial charge in [0.1, 0.15) is 9.33 Å². The van der Waals surface area contributed by atoms with Crippen LogP contribution in [0.25, 0.3) is 67.5 Å². The molecule has 0 N–H and O–H groups in total. The number of thiazole rings is 2. The third kappa shape index (κ3) is 4.72. The number of rotatable bonds is 4. The molecule has 8 rings (SSSR count). The molecule has 50 heavy (non-hydrogen) atoms. The molecule has 1 fully saturated rings. The zero-order valence-electron chi connectivity index (χ0n) is 26.7. The summed E-state index contributed by atoms with van der Waals surface area (Å²) in [6.45, 7) is 19.3. The first-order valence-electron chi connectivity index (χ1n) is 15.9. The molecule has 8 nitrogen and oxygen atoms in total. The monoisotopic (exact) mass is 764 g/mol. The molecule has 0 saturated heterocycles. The molecule has 6 aromatic rings. The molecule has 14 heteroatoms. The summed E-state index contributed by atoms with van der Waals surface area (Å²) in [6.07, 6.45) is 11.7. The fourth-order valence-corrected chi connectivity index (χ4v) is 15.6. The smallest absolute Gasteiger partial charge is 0.294 e. The second-order valence-electron chi connectivity index (χ2n) is 12.0. The second kappa shape index (κ2) is 12.4. The average Bonchev–Trinajstić information content (AvgIpc) is 3.97. The van der Waals surface area contributed by atoms with Crippen molar-refractivity contribution in [2.75, 3.05) is 0 Å². The zero-order chi connectivity index (χ0) is 34.9. The van der Waals surface area contributed by atoms with Crippen molar-refractivity contribution in [1.82, 2.24) is 9.13 Å². The fourth-order valence-electron chi connectivity index (χ4n) is 7.31. The Bertz CT molecular complexity index is 3010. The van der Waals surface area contributed by atoms with E-state index in [1.165, 1.54) is 72.3 Å². The van der Waals surface area contributed by atoms with Crippen LogP contribution in [0.15, 0.2) is 21.2 Å². The number of hydrogen-bond donors (Lipinski definition) is 0. The van der Waals surface area contributed by atoms with Gasteiger partial charge in [-0.1, -0.05) is 19.3 Å². The Kier molecular flexibility index (Phi) is 8.16. The molecule has 2 aliphatic carbocycles. The number of hydrogen-bond acceptors (Lipinski definition) is 10. The van der Waals surface area contributed by atoms with Crippen LogP contribution in [0.5, 0.6) is 0 Å². The largest absolute Gasteiger partial charge is 0.307 e. The van der Waals surface area contributed by atoms with Crippen molar-refractivity contribution in [1.29, 1.82) is 10.5 Å². The first-order chi connectivity index (χ1) is 24.3. The predicted molar refractivity (Wildman–Crippen MR) is 209 cm³/mol. The Balaban J connectivity index is 1.28. The van der Waals surface area contributed by atoms with Gasteiger partial charge in [-0.15, -0.1) is 68.0 Å². The van der Waals surface area contributed by atoms with Crippen molar-refractivity contribution in [3.8, 4) is 12.1 Å². The molecule has 1 saturated carbocycles. The van der Waals surface area contributed by atoms with Crippen LogP contribution in [0.2, 0.25) is 0 Å². The highest BCUT2D eigenvalue weighted by molar-refractivity contribution is 7.44. The number of aromatic nitrogens is 2. The summed E-state index contributed by atoms with van der Waals surface area (Å²) in [6, 6.07) is 6.04. The summed E-state index contributed by atoms with van der Waals surface area (Å²) in [7, 11) is 0. The third-order valence-corrected chi connectivity index (χ3v) is 17.0. The average molecular weight is 765 g/mol. The highest BCUT2D eigenvalue weighted by Gasteiger charge is 2.44. The van der Waals surface area contributed by atoms with Crippen LogP contribution >= 0.6 is 68.0 Å². The van der Waals surface area contributed by atoms with Gasteiger partial charge in [0.05, 0.1) is 57.8 Å². The van der Waals surface area contributed by atoms with Crippen LogP contribution in [0.1, 0.15) is 61.3 Å². The van der Waals surface area contributed by atoms with Gasteiger partial charge in [-0.05, 0) is 62.1 Å². The fraction of sp³-hybridized carbons (Fsp3) is 0.278. The zero-order valence-corrected chi connectivity index (χ0v) is 31.6. The van der Waals surface area contributed by atoms with Gasteiger partial charge in [0.15, 0.2) is 0 Å². The Labute approximate surface area is 308 Å². The molecule has 0 aromatic carbocycles. The summed E-state index contributed by atoms with van der Waals surface area (Å²) < 4.78 is 12.6. The maximum atomic E-state index is 13.5. The molecule has 0 unspecified atom stereocenters. The van der Waals surface area contributed by atoms with Crippen LogP contribution in [-0.2, 0) is 18.5 Å². The van der Waals surface area contributed by atoms with E-state index in [0.29, 0.717) is 31.5 Å². The van der Waals surface area contributed by atoms with E-state index in [0.717, 1.165) is 36.1 Å². The van der Waals surface area contributed by atoms with E-state index < -0.39 is 0 Å². The van der Waals surface area contributed by atoms with E-state index in [1.54, 1.807) is 27.2 Å². The highest BCUT2D eigenvalue weighted by Crippen LogP contribution is 2.60. The van der Waals surface area contributed by atoms with E-state index in [1.807, 2.05) is 60.8 Å². The molecule has 0 radical (unpaired) electrons. The van der Waals surface area contributed by atoms with Crippen molar-refractivity contribution < 1.29 is 0 Å². The molecule has 6 heterocycles. The molecule has 0 atom stereocenters. The minimum atomic E-state index is -0.182. The number of nitrogens with zero attached hydrogens (tertiary/aromatic N) is 6. The van der Waals surface area contributed by atoms with E-state index in [4.69, 9.17) is 13.1 Å². The lowest BCUT2D eigenvalue weighted by molar-refractivity contribution is 0.356. The number of thiophene rings is 4. The molecule has 246 valence electrons. The third-order valence-electron chi connectivity index (χ3n) is 9.52. The number of allylic oxidation sites excluding steroid dienone is 1. The summed E-state index contributed by atoms with van der Waals surface area (Å²) in [5, 5.41) is 19.0. The second-order valence-corrected chi connectivity index (χ2v) is 18.3. The maximum absolute atomic E-state index is 13.5. The van der Waals surface area contributed by atoms with E-state index in [9.17, 15) is 20.1 Å². The standard InChI is InChI=1S/C36H24N6O2S6/c1-5-41-32(43)24(48-34(41)20(16-37)39-3)13-18-12-22-26(36(18)10-8-7-9-11-36)28-30(46-22)31-29(50-28)27-23(47-31)14-19(45-27)15-25-33(44)42(6-2)35(49-25)21(17-38)40-4/h12-15H,5-11H2,1-2H3/b24-13-,25-15-,34-20+,35-21-. The minimum absolute atomic E-state index is 0.0496. The van der Waals surface area contributed by atoms with Crippen molar-refractivity contribution in [2.24, 2.45) is 0 Å². The van der Waals surface area contributed by atoms with Gasteiger partial charge < -0.3 is 9.13 Å². The van der Waals surface area contributed by atoms with E-state index in [-0.39, 0.29) is 27.9 Å². The maximum Gasteiger partial charge on any atom is 0.294 e. The SMILES string of the molecule is [C-]#[N+]/C(C#N)=c1\s/c(=C\c2cc3sc4c5sc6c(c5sc4c3s2)C2(CCCCC2)C(/C=c2\s/c(=C(\C#N)[N+]#[C-])n(CC)c2=O)=C6)c(=O)n1CC. The quantitative estimate of drug-likeness (QED) is 0.183. The Morgan fingerprint density at radius 1 is 0.800 bits per heavy atom. The van der Waals surface area contributed by atoms with Crippen LogP contribution in [0.4, 0.5) is 0 Å². The van der Waals surface area contributed by atoms with Crippen LogP contribution in [-0.4, -0.2) is 9.13 Å². The molecular weight excluding hydrogens is 741 g/mol. The summed E-state index contributed by atoms with van der Waals surface area (Å²) in [4.78, 5) is 35.7. The number of nitriles is 2. The van der Waals surface area contributed by atoms with Gasteiger partial charge >= 0.3 is 0 Å². The number of fused-ring (bicyclic) bond motifs is 8. The first-order valence-corrected chi connectivity index (χ1v) is 20.8. The normalized spacial score (nSPS) is 17.2. The topological polar surface area (TPSA) is 100 Å². The van der Waals surface area contributed by atoms with Gasteiger partial charge in [0.25, 0.3) is 22.5 Å². The van der Waals surface area contributed by atoms with E-state index in [2.05, 4.69) is 21.8 Å². The lowest BCUT2D eigenvalue weighted by atomic mass is 9.67. The molecule has 1 spiro atoms.